The van der Waals surface area contributed by atoms with Crippen LogP contribution in [-0.2, 0) is 4.79 Å². The Morgan fingerprint density at radius 3 is 2.24 bits per heavy atom. The molecule has 1 aliphatic carbocycles. The fourth-order valence-electron chi connectivity index (χ4n) is 1.71. The van der Waals surface area contributed by atoms with Crippen molar-refractivity contribution < 1.29 is 25.2 Å². The van der Waals surface area contributed by atoms with Gasteiger partial charge in [0, 0.05) is 19.2 Å². The lowest BCUT2D eigenvalue weighted by molar-refractivity contribution is -0.120. The number of aliphatic hydroxyl groups is 4. The molecule has 17 heavy (non-hydrogen) atoms. The second-order valence-corrected chi connectivity index (χ2v) is 3.88. The monoisotopic (exact) mass is 243 g/mol. The summed E-state index contributed by atoms with van der Waals surface area (Å²) in [6.45, 7) is 1.26. The largest absolute Gasteiger partial charge is 0.395 e. The Balaban J connectivity index is 3.01. The maximum atomic E-state index is 11.5. The Kier molecular flexibility index (Phi) is 4.41. The number of hydrogen-bond acceptors (Lipinski definition) is 6. The highest BCUT2D eigenvalue weighted by Crippen LogP contribution is 2.25. The Labute approximate surface area is 99.1 Å². The summed E-state index contributed by atoms with van der Waals surface area (Å²) >= 11 is 0. The zero-order chi connectivity index (χ0) is 13.1. The SMILES string of the molecule is CC1=CC(O)(O)C(N(CCO)CCO)=CC1=O. The van der Waals surface area contributed by atoms with Gasteiger partial charge in [-0.2, -0.15) is 0 Å². The van der Waals surface area contributed by atoms with Crippen molar-refractivity contribution in [1.82, 2.24) is 4.90 Å². The molecule has 0 radical (unpaired) electrons. The van der Waals surface area contributed by atoms with Crippen molar-refractivity contribution in [3.8, 4) is 0 Å². The lowest BCUT2D eigenvalue weighted by atomic mass is 9.97. The minimum Gasteiger partial charge on any atom is -0.395 e. The molecule has 96 valence electrons. The number of aliphatic hydroxyl groups excluding tert-OH is 2. The zero-order valence-corrected chi connectivity index (χ0v) is 9.63. The van der Waals surface area contributed by atoms with Crippen molar-refractivity contribution in [2.75, 3.05) is 26.3 Å². The number of ketones is 1. The molecular formula is C11H17NO5. The molecule has 0 saturated carbocycles. The molecule has 0 spiro atoms. The lowest BCUT2D eigenvalue weighted by Gasteiger charge is -2.34. The third-order valence-electron chi connectivity index (χ3n) is 2.53. The van der Waals surface area contributed by atoms with Gasteiger partial charge in [-0.05, 0) is 18.6 Å². The molecular weight excluding hydrogens is 226 g/mol. The van der Waals surface area contributed by atoms with Crippen LogP contribution >= 0.6 is 0 Å². The maximum Gasteiger partial charge on any atom is 0.226 e. The molecule has 0 heterocycles. The van der Waals surface area contributed by atoms with Gasteiger partial charge in [0.2, 0.25) is 5.79 Å². The summed E-state index contributed by atoms with van der Waals surface area (Å²) in [5, 5.41) is 37.3. The fraction of sp³-hybridized carbons (Fsp3) is 0.545. The standard InChI is InChI=1S/C11H17NO5/c1-8-7-11(16,17)10(6-9(8)15)12(2-4-13)3-5-14/h6-7,13-14,16-17H,2-5H2,1H3. The first kappa shape index (κ1) is 13.9. The summed E-state index contributed by atoms with van der Waals surface area (Å²) < 4.78 is 0. The number of hydrogen-bond donors (Lipinski definition) is 4. The van der Waals surface area contributed by atoms with Crippen molar-refractivity contribution in [1.29, 1.82) is 0 Å². The van der Waals surface area contributed by atoms with E-state index < -0.39 is 5.79 Å². The molecule has 6 nitrogen and oxygen atoms in total. The van der Waals surface area contributed by atoms with Crippen LogP contribution in [0.1, 0.15) is 6.92 Å². The van der Waals surface area contributed by atoms with Crippen molar-refractivity contribution in [3.63, 3.8) is 0 Å². The van der Waals surface area contributed by atoms with Crippen LogP contribution in [0.15, 0.2) is 23.4 Å². The fourth-order valence-corrected chi connectivity index (χ4v) is 1.71. The Bertz CT molecular complexity index is 353. The molecule has 0 saturated heterocycles. The molecule has 0 aromatic heterocycles. The topological polar surface area (TPSA) is 101 Å². The van der Waals surface area contributed by atoms with E-state index in [1.807, 2.05) is 0 Å². The lowest BCUT2D eigenvalue weighted by Crippen LogP contribution is -2.44. The molecule has 6 heteroatoms. The molecule has 1 rings (SSSR count). The highest BCUT2D eigenvalue weighted by molar-refractivity contribution is 6.05. The summed E-state index contributed by atoms with van der Waals surface area (Å²) in [7, 11) is 0. The first-order chi connectivity index (χ1) is 7.92. The van der Waals surface area contributed by atoms with Gasteiger partial charge in [-0.1, -0.05) is 0 Å². The summed E-state index contributed by atoms with van der Waals surface area (Å²) in [5.74, 6) is -2.57. The molecule has 0 atom stereocenters. The maximum absolute atomic E-state index is 11.5. The van der Waals surface area contributed by atoms with Gasteiger partial charge in [0.25, 0.3) is 0 Å². The van der Waals surface area contributed by atoms with Crippen molar-refractivity contribution in [3.05, 3.63) is 23.4 Å². The second-order valence-electron chi connectivity index (χ2n) is 3.88. The predicted molar refractivity (Wildman–Crippen MR) is 59.8 cm³/mol. The minimum atomic E-state index is -2.25. The number of carbonyl (C=O) groups is 1. The quantitative estimate of drug-likeness (QED) is 0.432. The van der Waals surface area contributed by atoms with Crippen molar-refractivity contribution in [2.45, 2.75) is 12.7 Å². The second kappa shape index (κ2) is 5.42. The first-order valence-electron chi connectivity index (χ1n) is 5.29. The van der Waals surface area contributed by atoms with Gasteiger partial charge in [0.1, 0.15) is 0 Å². The zero-order valence-electron chi connectivity index (χ0n) is 9.63. The molecule has 0 bridgehead atoms. The van der Waals surface area contributed by atoms with Crippen LogP contribution in [0.5, 0.6) is 0 Å². The van der Waals surface area contributed by atoms with Crippen LogP contribution in [0, 0.1) is 0 Å². The van der Waals surface area contributed by atoms with Crippen LogP contribution in [0.4, 0.5) is 0 Å². The van der Waals surface area contributed by atoms with E-state index in [0.717, 1.165) is 12.2 Å². The smallest absolute Gasteiger partial charge is 0.226 e. The summed E-state index contributed by atoms with van der Waals surface area (Å²) in [5.41, 5.74) is 0.211. The number of nitrogens with zero attached hydrogens (tertiary/aromatic N) is 1. The van der Waals surface area contributed by atoms with Gasteiger partial charge >= 0.3 is 0 Å². The van der Waals surface area contributed by atoms with Gasteiger partial charge in [0.15, 0.2) is 5.78 Å². The highest BCUT2D eigenvalue weighted by Gasteiger charge is 2.34. The molecule has 0 fully saturated rings. The van der Waals surface area contributed by atoms with Crippen molar-refractivity contribution >= 4 is 5.78 Å². The first-order valence-corrected chi connectivity index (χ1v) is 5.29. The normalized spacial score (nSPS) is 18.8. The van der Waals surface area contributed by atoms with E-state index >= 15 is 0 Å². The number of rotatable bonds is 5. The summed E-state index contributed by atoms with van der Waals surface area (Å²) in [6, 6.07) is 0. The Morgan fingerprint density at radius 2 is 1.76 bits per heavy atom. The van der Waals surface area contributed by atoms with E-state index in [9.17, 15) is 15.0 Å². The van der Waals surface area contributed by atoms with E-state index in [4.69, 9.17) is 10.2 Å². The van der Waals surface area contributed by atoms with Gasteiger partial charge in [-0.25, -0.2) is 0 Å². The van der Waals surface area contributed by atoms with Gasteiger partial charge in [0.05, 0.1) is 18.9 Å². The Morgan fingerprint density at radius 1 is 1.24 bits per heavy atom. The number of allylic oxidation sites excluding steroid dienone is 2. The van der Waals surface area contributed by atoms with E-state index in [1.54, 1.807) is 0 Å². The third kappa shape index (κ3) is 3.13. The summed E-state index contributed by atoms with van der Waals surface area (Å²) in [6.07, 6.45) is 2.16. The molecule has 0 aromatic rings. The van der Waals surface area contributed by atoms with Crippen LogP contribution in [0.2, 0.25) is 0 Å². The predicted octanol–water partition coefficient (Wildman–Crippen LogP) is -1.63. The van der Waals surface area contributed by atoms with Crippen LogP contribution in [0.25, 0.3) is 0 Å². The van der Waals surface area contributed by atoms with Gasteiger partial charge < -0.3 is 25.3 Å². The van der Waals surface area contributed by atoms with Crippen LogP contribution in [0.3, 0.4) is 0 Å². The van der Waals surface area contributed by atoms with E-state index in [-0.39, 0.29) is 43.4 Å². The van der Waals surface area contributed by atoms with Gasteiger partial charge in [-0.3, -0.25) is 4.79 Å². The Hall–Kier alpha value is -1.21. The summed E-state index contributed by atoms with van der Waals surface area (Å²) in [4.78, 5) is 12.8. The van der Waals surface area contributed by atoms with Crippen molar-refractivity contribution in [2.24, 2.45) is 0 Å². The molecule has 4 N–H and O–H groups in total. The molecule has 0 unspecified atom stereocenters. The molecule has 0 aliphatic heterocycles. The average molecular weight is 243 g/mol. The van der Waals surface area contributed by atoms with E-state index in [2.05, 4.69) is 0 Å². The van der Waals surface area contributed by atoms with Crippen LogP contribution in [-0.4, -0.2) is 63.2 Å². The van der Waals surface area contributed by atoms with Crippen LogP contribution < -0.4 is 0 Å². The molecule has 1 aliphatic rings. The molecule has 0 aromatic carbocycles. The van der Waals surface area contributed by atoms with E-state index in [1.165, 1.54) is 11.8 Å². The minimum absolute atomic E-state index is 0.0313. The number of carbonyl (C=O) groups excluding carboxylic acids is 1. The molecule has 0 amide bonds. The van der Waals surface area contributed by atoms with E-state index in [0.29, 0.717) is 0 Å². The van der Waals surface area contributed by atoms with Gasteiger partial charge in [-0.15, -0.1) is 0 Å². The highest BCUT2D eigenvalue weighted by atomic mass is 16.5. The third-order valence-corrected chi connectivity index (χ3v) is 2.53. The average Bonchev–Trinajstić information content (AvgIpc) is 2.23.